The summed E-state index contributed by atoms with van der Waals surface area (Å²) in [7, 11) is 0. The molecule has 0 bridgehead atoms. The van der Waals surface area contributed by atoms with E-state index >= 15 is 0 Å². The minimum Gasteiger partial charge on any atom is -0.477 e. The Morgan fingerprint density at radius 2 is 2.14 bits per heavy atom. The summed E-state index contributed by atoms with van der Waals surface area (Å²) >= 11 is 0. The van der Waals surface area contributed by atoms with Crippen molar-refractivity contribution in [2.75, 3.05) is 52.5 Å². The third kappa shape index (κ3) is 8.91. The molecule has 0 atom stereocenters. The van der Waals surface area contributed by atoms with Gasteiger partial charge in [-0.05, 0) is 50.3 Å². The number of nitrogens with one attached hydrogen (secondary N) is 2. The zero-order chi connectivity index (χ0) is 18.7. The Kier molecular flexibility index (Phi) is 10.9. The van der Waals surface area contributed by atoms with E-state index in [1.54, 1.807) is 6.20 Å². The molecule has 1 aliphatic heterocycles. The number of aromatic nitrogens is 1. The molecule has 2 heterocycles. The third-order valence-corrected chi connectivity index (χ3v) is 4.77. The van der Waals surface area contributed by atoms with Crippen LogP contribution in [-0.4, -0.2) is 68.4 Å². The van der Waals surface area contributed by atoms with Crippen LogP contribution in [0.25, 0.3) is 0 Å². The number of morpholine rings is 1. The van der Waals surface area contributed by atoms with Crippen molar-refractivity contribution < 1.29 is 9.47 Å². The Labute approximate surface area is 185 Å². The SMILES string of the molecule is CCNC(=NCc1ccnc(OCC2CC2)c1)NCCCN1CCOCC1.I. The number of rotatable bonds is 10. The predicted octanol–water partition coefficient (Wildman–Crippen LogP) is 2.27. The van der Waals surface area contributed by atoms with E-state index in [1.165, 1.54) is 12.8 Å². The molecule has 28 heavy (non-hydrogen) atoms. The van der Waals surface area contributed by atoms with Crippen molar-refractivity contribution in [3.63, 3.8) is 0 Å². The van der Waals surface area contributed by atoms with Crippen LogP contribution in [0.2, 0.25) is 0 Å². The second kappa shape index (κ2) is 13.2. The first-order chi connectivity index (χ1) is 13.3. The molecule has 2 fully saturated rings. The number of nitrogens with zero attached hydrogens (tertiary/aromatic N) is 3. The Hall–Kier alpha value is -1.13. The number of halogens is 1. The maximum atomic E-state index is 5.76. The van der Waals surface area contributed by atoms with Crippen LogP contribution < -0.4 is 15.4 Å². The zero-order valence-corrected chi connectivity index (χ0v) is 19.2. The average Bonchev–Trinajstić information content (AvgIpc) is 3.53. The summed E-state index contributed by atoms with van der Waals surface area (Å²) in [4.78, 5) is 11.4. The Morgan fingerprint density at radius 3 is 2.89 bits per heavy atom. The molecule has 0 radical (unpaired) electrons. The molecule has 0 unspecified atom stereocenters. The second-order valence-corrected chi connectivity index (χ2v) is 7.19. The highest BCUT2D eigenvalue weighted by Gasteiger charge is 2.22. The predicted molar refractivity (Wildman–Crippen MR) is 123 cm³/mol. The quantitative estimate of drug-likeness (QED) is 0.221. The first kappa shape index (κ1) is 23.2. The van der Waals surface area contributed by atoms with Crippen molar-refractivity contribution in [3.8, 4) is 5.88 Å². The van der Waals surface area contributed by atoms with Crippen molar-refractivity contribution in [3.05, 3.63) is 23.9 Å². The van der Waals surface area contributed by atoms with Crippen LogP contribution in [0.15, 0.2) is 23.3 Å². The lowest BCUT2D eigenvalue weighted by molar-refractivity contribution is 0.0376. The van der Waals surface area contributed by atoms with Crippen LogP contribution >= 0.6 is 24.0 Å². The van der Waals surface area contributed by atoms with E-state index in [1.807, 2.05) is 12.1 Å². The van der Waals surface area contributed by atoms with Gasteiger partial charge in [0.15, 0.2) is 5.96 Å². The molecule has 8 heteroatoms. The summed E-state index contributed by atoms with van der Waals surface area (Å²) in [5.74, 6) is 2.30. The molecule has 0 amide bonds. The lowest BCUT2D eigenvalue weighted by Gasteiger charge is -2.26. The molecule has 2 N–H and O–H groups in total. The first-order valence-electron chi connectivity index (χ1n) is 10.2. The monoisotopic (exact) mass is 503 g/mol. The third-order valence-electron chi connectivity index (χ3n) is 4.77. The van der Waals surface area contributed by atoms with Gasteiger partial charge >= 0.3 is 0 Å². The number of hydrogen-bond donors (Lipinski definition) is 2. The molecule has 1 aromatic heterocycles. The van der Waals surface area contributed by atoms with Gasteiger partial charge in [-0.25, -0.2) is 9.98 Å². The van der Waals surface area contributed by atoms with Crippen LogP contribution in [0, 0.1) is 5.92 Å². The van der Waals surface area contributed by atoms with Gasteiger partial charge in [0.05, 0.1) is 26.4 Å². The Balaban J connectivity index is 0.00000280. The number of aliphatic imine (C=N–C) groups is 1. The van der Waals surface area contributed by atoms with Gasteiger partial charge < -0.3 is 20.1 Å². The van der Waals surface area contributed by atoms with E-state index in [-0.39, 0.29) is 24.0 Å². The lowest BCUT2D eigenvalue weighted by atomic mass is 10.3. The summed E-state index contributed by atoms with van der Waals surface area (Å²) in [5.41, 5.74) is 1.11. The molecule has 1 aliphatic carbocycles. The molecule has 0 spiro atoms. The van der Waals surface area contributed by atoms with Gasteiger partial charge in [0, 0.05) is 38.4 Å². The fourth-order valence-electron chi connectivity index (χ4n) is 2.96. The van der Waals surface area contributed by atoms with E-state index in [4.69, 9.17) is 14.5 Å². The van der Waals surface area contributed by atoms with Crippen LogP contribution in [0.4, 0.5) is 0 Å². The molecule has 0 aromatic carbocycles. The van der Waals surface area contributed by atoms with Gasteiger partial charge in [0.1, 0.15) is 0 Å². The normalized spacial score (nSPS) is 17.7. The molecular formula is C20H34IN5O2. The van der Waals surface area contributed by atoms with E-state index in [0.29, 0.717) is 12.4 Å². The molecular weight excluding hydrogens is 469 g/mol. The maximum Gasteiger partial charge on any atom is 0.213 e. The van der Waals surface area contributed by atoms with Crippen molar-refractivity contribution >= 4 is 29.9 Å². The maximum absolute atomic E-state index is 5.76. The highest BCUT2D eigenvalue weighted by molar-refractivity contribution is 14.0. The van der Waals surface area contributed by atoms with E-state index in [0.717, 1.165) is 76.4 Å². The average molecular weight is 503 g/mol. The Bertz CT molecular complexity index is 592. The van der Waals surface area contributed by atoms with Gasteiger partial charge in [-0.1, -0.05) is 0 Å². The van der Waals surface area contributed by atoms with Crippen molar-refractivity contribution in [2.45, 2.75) is 32.7 Å². The van der Waals surface area contributed by atoms with Gasteiger partial charge in [-0.2, -0.15) is 0 Å². The highest BCUT2D eigenvalue weighted by atomic mass is 127. The summed E-state index contributed by atoms with van der Waals surface area (Å²) in [6.45, 7) is 10.1. The van der Waals surface area contributed by atoms with Crippen LogP contribution in [-0.2, 0) is 11.3 Å². The van der Waals surface area contributed by atoms with E-state index in [2.05, 4.69) is 27.4 Å². The summed E-state index contributed by atoms with van der Waals surface area (Å²) in [5, 5.41) is 6.74. The van der Waals surface area contributed by atoms with Crippen LogP contribution in [0.1, 0.15) is 31.7 Å². The smallest absolute Gasteiger partial charge is 0.213 e. The van der Waals surface area contributed by atoms with Crippen molar-refractivity contribution in [1.82, 2.24) is 20.5 Å². The van der Waals surface area contributed by atoms with Crippen molar-refractivity contribution in [1.29, 1.82) is 0 Å². The lowest BCUT2D eigenvalue weighted by Crippen LogP contribution is -2.40. The molecule has 1 saturated heterocycles. The molecule has 158 valence electrons. The minimum atomic E-state index is 0. The number of pyridine rings is 1. The topological polar surface area (TPSA) is 71.0 Å². The number of ether oxygens (including phenoxy) is 2. The summed E-state index contributed by atoms with van der Waals surface area (Å²) < 4.78 is 11.1. The summed E-state index contributed by atoms with van der Waals surface area (Å²) in [6.07, 6.45) is 5.47. The number of guanidine groups is 1. The molecule has 3 rings (SSSR count). The highest BCUT2D eigenvalue weighted by Crippen LogP contribution is 2.29. The standard InChI is InChI=1S/C20H33N5O2.HI/c1-2-21-20(23-7-3-9-25-10-12-26-13-11-25)24-15-18-6-8-22-19(14-18)27-16-17-4-5-17;/h6,8,14,17H,2-5,7,9-13,15-16H2,1H3,(H2,21,23,24);1H. The van der Waals surface area contributed by atoms with Crippen LogP contribution in [0.5, 0.6) is 5.88 Å². The fraction of sp³-hybridized carbons (Fsp3) is 0.700. The van der Waals surface area contributed by atoms with Gasteiger partial charge in [0.25, 0.3) is 0 Å². The second-order valence-electron chi connectivity index (χ2n) is 7.19. The molecule has 1 saturated carbocycles. The zero-order valence-electron chi connectivity index (χ0n) is 16.9. The first-order valence-corrected chi connectivity index (χ1v) is 10.2. The molecule has 7 nitrogen and oxygen atoms in total. The largest absolute Gasteiger partial charge is 0.477 e. The van der Waals surface area contributed by atoms with Gasteiger partial charge in [0.2, 0.25) is 5.88 Å². The van der Waals surface area contributed by atoms with E-state index in [9.17, 15) is 0 Å². The van der Waals surface area contributed by atoms with Gasteiger partial charge in [-0.3, -0.25) is 4.90 Å². The molecule has 1 aromatic rings. The van der Waals surface area contributed by atoms with Crippen LogP contribution in [0.3, 0.4) is 0 Å². The summed E-state index contributed by atoms with van der Waals surface area (Å²) in [6, 6.07) is 3.99. The molecule has 2 aliphatic rings. The fourth-order valence-corrected chi connectivity index (χ4v) is 2.96. The van der Waals surface area contributed by atoms with Gasteiger partial charge in [-0.15, -0.1) is 24.0 Å². The van der Waals surface area contributed by atoms with E-state index < -0.39 is 0 Å². The van der Waals surface area contributed by atoms with Crippen molar-refractivity contribution in [2.24, 2.45) is 10.9 Å². The Morgan fingerprint density at radius 1 is 1.32 bits per heavy atom. The number of hydrogen-bond acceptors (Lipinski definition) is 5. The minimum absolute atomic E-state index is 0.